The van der Waals surface area contributed by atoms with Crippen LogP contribution in [0.5, 0.6) is 0 Å². The first-order chi connectivity index (χ1) is 14.0. The maximum absolute atomic E-state index is 12.6. The van der Waals surface area contributed by atoms with Crippen molar-refractivity contribution in [3.8, 4) is 0 Å². The van der Waals surface area contributed by atoms with Crippen molar-refractivity contribution in [1.29, 1.82) is 0 Å². The molecular weight excluding hydrogens is 427 g/mol. The Morgan fingerprint density at radius 3 is 2.66 bits per heavy atom. The fraction of sp³-hybridized carbons (Fsp3) is 0.238. The number of piperidine rings is 1. The molecule has 1 N–H and O–H groups in total. The molecule has 4 rings (SSSR count). The van der Waals surface area contributed by atoms with Crippen LogP contribution in [0.25, 0.3) is 10.8 Å². The number of urea groups is 1. The summed E-state index contributed by atoms with van der Waals surface area (Å²) in [5, 5.41) is 5.82. The zero-order chi connectivity index (χ0) is 20.4. The van der Waals surface area contributed by atoms with E-state index in [0.717, 1.165) is 37.1 Å². The molecule has 0 aliphatic carbocycles. The first-order valence-electron chi connectivity index (χ1n) is 9.36. The average Bonchev–Trinajstić information content (AvgIpc) is 2.76. The number of amides is 2. The van der Waals surface area contributed by atoms with Gasteiger partial charge in [-0.3, -0.25) is 4.31 Å². The Balaban J connectivity index is 1.41. The molecule has 0 atom stereocenters. The summed E-state index contributed by atoms with van der Waals surface area (Å²) in [7, 11) is 0. The number of rotatable bonds is 3. The van der Waals surface area contributed by atoms with E-state index in [1.54, 1.807) is 18.2 Å². The van der Waals surface area contributed by atoms with Gasteiger partial charge in [0.05, 0.1) is 15.7 Å². The number of hydrogen-bond donors (Lipinski definition) is 2. The molecule has 0 spiro atoms. The SMILES string of the molecule is O=C(Nc1cccc(Cl)c1Cl)N(S)C1CCN(c2nccc3ccccc23)CC1. The second-order valence-corrected chi connectivity index (χ2v) is 8.17. The predicted molar refractivity (Wildman–Crippen MR) is 123 cm³/mol. The lowest BCUT2D eigenvalue weighted by Crippen LogP contribution is -2.45. The van der Waals surface area contributed by atoms with Crippen molar-refractivity contribution in [1.82, 2.24) is 9.29 Å². The van der Waals surface area contributed by atoms with Gasteiger partial charge in [-0.25, -0.2) is 9.78 Å². The number of pyridine rings is 1. The van der Waals surface area contributed by atoms with E-state index in [0.29, 0.717) is 15.7 Å². The third kappa shape index (κ3) is 4.25. The van der Waals surface area contributed by atoms with Crippen molar-refractivity contribution in [2.75, 3.05) is 23.3 Å². The zero-order valence-corrected chi connectivity index (χ0v) is 18.0. The summed E-state index contributed by atoms with van der Waals surface area (Å²) in [6.45, 7) is 1.60. The number of aromatic nitrogens is 1. The highest BCUT2D eigenvalue weighted by Crippen LogP contribution is 2.31. The van der Waals surface area contributed by atoms with Crippen LogP contribution in [-0.2, 0) is 0 Å². The molecule has 150 valence electrons. The van der Waals surface area contributed by atoms with E-state index >= 15 is 0 Å². The summed E-state index contributed by atoms with van der Waals surface area (Å²) in [5.74, 6) is 0.988. The number of halogens is 2. The molecule has 1 aromatic heterocycles. The van der Waals surface area contributed by atoms with E-state index in [4.69, 9.17) is 23.2 Å². The summed E-state index contributed by atoms with van der Waals surface area (Å²) in [6, 6.07) is 15.1. The molecule has 0 bridgehead atoms. The van der Waals surface area contributed by atoms with Crippen LogP contribution in [0.3, 0.4) is 0 Å². The van der Waals surface area contributed by atoms with Crippen molar-refractivity contribution in [3.63, 3.8) is 0 Å². The number of hydrogen-bond acceptors (Lipinski definition) is 4. The smallest absolute Gasteiger partial charge is 0.331 e. The molecule has 1 aliphatic heterocycles. The number of nitrogens with zero attached hydrogens (tertiary/aromatic N) is 3. The molecule has 0 unspecified atom stereocenters. The fourth-order valence-corrected chi connectivity index (χ4v) is 4.25. The van der Waals surface area contributed by atoms with Crippen molar-refractivity contribution >= 4 is 64.3 Å². The Kier molecular flexibility index (Phi) is 6.04. The van der Waals surface area contributed by atoms with Crippen LogP contribution in [0, 0.1) is 0 Å². The lowest BCUT2D eigenvalue weighted by molar-refractivity contribution is 0.223. The van der Waals surface area contributed by atoms with E-state index in [1.807, 2.05) is 24.4 Å². The molecule has 0 saturated carbocycles. The highest BCUT2D eigenvalue weighted by molar-refractivity contribution is 7.78. The Morgan fingerprint density at radius 2 is 1.86 bits per heavy atom. The van der Waals surface area contributed by atoms with Gasteiger partial charge in [-0.2, -0.15) is 0 Å². The van der Waals surface area contributed by atoms with Crippen LogP contribution in [0.1, 0.15) is 12.8 Å². The van der Waals surface area contributed by atoms with E-state index in [1.165, 1.54) is 9.69 Å². The molecule has 29 heavy (non-hydrogen) atoms. The largest absolute Gasteiger partial charge is 0.356 e. The summed E-state index contributed by atoms with van der Waals surface area (Å²) >= 11 is 16.6. The summed E-state index contributed by atoms with van der Waals surface area (Å²) < 4.78 is 1.45. The van der Waals surface area contributed by atoms with Gasteiger partial charge in [0.15, 0.2) is 0 Å². The molecule has 8 heteroatoms. The minimum Gasteiger partial charge on any atom is -0.356 e. The molecular formula is C21H20Cl2N4OS. The zero-order valence-electron chi connectivity index (χ0n) is 15.6. The molecule has 1 aliphatic rings. The standard InChI is InChI=1S/C21H20Cl2N4OS/c22-17-6-3-7-18(19(17)23)25-21(28)27(29)15-9-12-26(13-10-15)20-16-5-2-1-4-14(16)8-11-24-20/h1-8,11,15,29H,9-10,12-13H2,(H,25,28). The molecule has 2 amide bonds. The third-order valence-electron chi connectivity index (χ3n) is 5.16. The van der Waals surface area contributed by atoms with Gasteiger partial charge >= 0.3 is 6.03 Å². The highest BCUT2D eigenvalue weighted by atomic mass is 35.5. The maximum atomic E-state index is 12.6. The second-order valence-electron chi connectivity index (χ2n) is 6.95. The Labute approximate surface area is 185 Å². The van der Waals surface area contributed by atoms with Gasteiger partial charge in [0.1, 0.15) is 5.82 Å². The molecule has 0 radical (unpaired) electrons. The Morgan fingerprint density at radius 1 is 1.10 bits per heavy atom. The topological polar surface area (TPSA) is 48.5 Å². The van der Waals surface area contributed by atoms with Gasteiger partial charge in [0, 0.05) is 30.7 Å². The van der Waals surface area contributed by atoms with Crippen molar-refractivity contribution in [3.05, 3.63) is 64.8 Å². The summed E-state index contributed by atoms with van der Waals surface area (Å²) in [4.78, 5) is 19.5. The molecule has 1 saturated heterocycles. The van der Waals surface area contributed by atoms with E-state index < -0.39 is 0 Å². The number of benzene rings is 2. The monoisotopic (exact) mass is 446 g/mol. The van der Waals surface area contributed by atoms with Crippen LogP contribution in [0.2, 0.25) is 10.0 Å². The van der Waals surface area contributed by atoms with Gasteiger partial charge in [0.2, 0.25) is 0 Å². The quantitative estimate of drug-likeness (QED) is 0.493. The normalized spacial score (nSPS) is 14.8. The minimum absolute atomic E-state index is 0.0162. The molecule has 2 aromatic carbocycles. The number of thiol groups is 1. The number of nitrogens with one attached hydrogen (secondary N) is 1. The summed E-state index contributed by atoms with van der Waals surface area (Å²) in [5.41, 5.74) is 0.473. The number of anilines is 2. The van der Waals surface area contributed by atoms with Gasteiger partial charge in [-0.1, -0.05) is 66.3 Å². The molecule has 5 nitrogen and oxygen atoms in total. The Hall–Kier alpha value is -2.15. The van der Waals surface area contributed by atoms with Crippen LogP contribution in [-0.4, -0.2) is 34.5 Å². The molecule has 3 aromatic rings. The van der Waals surface area contributed by atoms with Crippen molar-refractivity contribution in [2.45, 2.75) is 18.9 Å². The van der Waals surface area contributed by atoms with E-state index in [2.05, 4.69) is 40.1 Å². The minimum atomic E-state index is -0.320. The first-order valence-corrected chi connectivity index (χ1v) is 10.5. The van der Waals surface area contributed by atoms with Gasteiger partial charge in [-0.15, -0.1) is 0 Å². The Bertz CT molecular complexity index is 1030. The van der Waals surface area contributed by atoms with Gasteiger partial charge < -0.3 is 10.2 Å². The van der Waals surface area contributed by atoms with Gasteiger partial charge in [-0.05, 0) is 36.4 Å². The second kappa shape index (κ2) is 8.69. The van der Waals surface area contributed by atoms with Gasteiger partial charge in [0.25, 0.3) is 0 Å². The highest BCUT2D eigenvalue weighted by Gasteiger charge is 2.27. The first kappa shape index (κ1) is 20.1. The molecule has 1 fully saturated rings. The van der Waals surface area contributed by atoms with Crippen LogP contribution in [0.4, 0.5) is 16.3 Å². The third-order valence-corrected chi connectivity index (χ3v) is 6.49. The average molecular weight is 447 g/mol. The van der Waals surface area contributed by atoms with Crippen molar-refractivity contribution < 1.29 is 4.79 Å². The fourth-order valence-electron chi connectivity index (χ4n) is 3.62. The predicted octanol–water partition coefficient (Wildman–Crippen LogP) is 5.89. The summed E-state index contributed by atoms with van der Waals surface area (Å²) in [6.07, 6.45) is 3.44. The number of carbonyl (C=O) groups excluding carboxylic acids is 1. The van der Waals surface area contributed by atoms with E-state index in [9.17, 15) is 4.79 Å². The van der Waals surface area contributed by atoms with Crippen LogP contribution < -0.4 is 10.2 Å². The molecule has 2 heterocycles. The van der Waals surface area contributed by atoms with Crippen molar-refractivity contribution in [2.24, 2.45) is 0 Å². The maximum Gasteiger partial charge on any atom is 0.331 e. The lowest BCUT2D eigenvalue weighted by atomic mass is 10.0. The van der Waals surface area contributed by atoms with Crippen LogP contribution in [0.15, 0.2) is 54.7 Å². The number of carbonyl (C=O) groups is 1. The lowest BCUT2D eigenvalue weighted by Gasteiger charge is -2.36. The van der Waals surface area contributed by atoms with Crippen LogP contribution >= 0.6 is 36.0 Å². The van der Waals surface area contributed by atoms with E-state index in [-0.39, 0.29) is 12.1 Å². The number of fused-ring (bicyclic) bond motifs is 1.